The van der Waals surface area contributed by atoms with Gasteiger partial charge in [0, 0.05) is 29.6 Å². The minimum Gasteiger partial charge on any atom is -0.334 e. The van der Waals surface area contributed by atoms with E-state index < -0.39 is 10.5 Å². The Kier molecular flexibility index (Phi) is 3.60. The van der Waals surface area contributed by atoms with Gasteiger partial charge in [0.1, 0.15) is 5.54 Å². The van der Waals surface area contributed by atoms with Crippen LogP contribution in [0.4, 0.5) is 5.69 Å². The lowest BCUT2D eigenvalue weighted by Crippen LogP contribution is -2.43. The Morgan fingerprint density at radius 3 is 2.48 bits per heavy atom. The number of non-ortho nitro benzene ring substituents is 1. The van der Waals surface area contributed by atoms with E-state index in [0.29, 0.717) is 5.92 Å². The van der Waals surface area contributed by atoms with Gasteiger partial charge in [0.25, 0.3) is 5.69 Å². The summed E-state index contributed by atoms with van der Waals surface area (Å²) in [6.07, 6.45) is 12.3. The van der Waals surface area contributed by atoms with Gasteiger partial charge in [0.2, 0.25) is 0 Å². The Bertz CT molecular complexity index is 829. The van der Waals surface area contributed by atoms with Gasteiger partial charge in [-0.1, -0.05) is 25.0 Å². The number of nitrogens with zero attached hydrogens (tertiary/aromatic N) is 2. The first-order valence-electron chi connectivity index (χ1n) is 8.71. The monoisotopic (exact) mass is 336 g/mol. The Hall–Kier alpha value is -2.69. The molecule has 1 aromatic rings. The summed E-state index contributed by atoms with van der Waals surface area (Å²) in [7, 11) is 0. The molecule has 1 unspecified atom stereocenters. The van der Waals surface area contributed by atoms with E-state index in [-0.39, 0.29) is 11.5 Å². The number of hydrogen-bond acceptors (Lipinski definition) is 4. The molecule has 0 saturated heterocycles. The van der Waals surface area contributed by atoms with Crippen LogP contribution in [0, 0.1) is 16.0 Å². The number of carbonyl (C=O) groups excluding carboxylic acids is 1. The zero-order chi connectivity index (χ0) is 17.6. The van der Waals surface area contributed by atoms with E-state index in [2.05, 4.69) is 4.90 Å². The summed E-state index contributed by atoms with van der Waals surface area (Å²) in [5.41, 5.74) is 1.93. The van der Waals surface area contributed by atoms with Crippen LogP contribution in [-0.2, 0) is 4.79 Å². The van der Waals surface area contributed by atoms with Crippen LogP contribution in [0.2, 0.25) is 0 Å². The number of nitro benzene ring substituents is 1. The highest BCUT2D eigenvalue weighted by Crippen LogP contribution is 2.48. The molecule has 1 aliphatic carbocycles. The molecule has 1 fully saturated rings. The van der Waals surface area contributed by atoms with Crippen molar-refractivity contribution in [1.29, 1.82) is 0 Å². The first-order chi connectivity index (χ1) is 12.0. The summed E-state index contributed by atoms with van der Waals surface area (Å²) in [4.78, 5) is 26.0. The molecule has 1 atom stereocenters. The van der Waals surface area contributed by atoms with E-state index in [4.69, 9.17) is 0 Å². The first-order valence-corrected chi connectivity index (χ1v) is 8.71. The number of carbonyl (C=O) groups is 1. The molecule has 0 N–H and O–H groups in total. The number of fused-ring (bicyclic) bond motifs is 1. The Balaban J connectivity index is 1.86. The van der Waals surface area contributed by atoms with Crippen LogP contribution in [-0.4, -0.2) is 21.1 Å². The first kappa shape index (κ1) is 15.8. The summed E-state index contributed by atoms with van der Waals surface area (Å²) >= 11 is 0. The van der Waals surface area contributed by atoms with Gasteiger partial charge in [-0.15, -0.1) is 0 Å². The van der Waals surface area contributed by atoms with Crippen molar-refractivity contribution in [3.05, 3.63) is 70.1 Å². The number of benzene rings is 1. The van der Waals surface area contributed by atoms with E-state index in [0.717, 1.165) is 29.7 Å². The fourth-order valence-corrected chi connectivity index (χ4v) is 4.25. The molecule has 0 spiro atoms. The van der Waals surface area contributed by atoms with Gasteiger partial charge < -0.3 is 4.90 Å². The highest BCUT2D eigenvalue weighted by Gasteiger charge is 2.49. The number of ketones is 1. The molecule has 1 aromatic carbocycles. The molecule has 5 heteroatoms. The van der Waals surface area contributed by atoms with Crippen molar-refractivity contribution in [2.75, 3.05) is 0 Å². The molecule has 128 valence electrons. The smallest absolute Gasteiger partial charge is 0.269 e. The molecule has 25 heavy (non-hydrogen) atoms. The summed E-state index contributed by atoms with van der Waals surface area (Å²) in [5, 5.41) is 10.9. The third-order valence-electron chi connectivity index (χ3n) is 5.58. The fraction of sp³-hybridized carbons (Fsp3) is 0.350. The molecule has 5 nitrogen and oxygen atoms in total. The summed E-state index contributed by atoms with van der Waals surface area (Å²) in [5.74, 6) is 0.441. The van der Waals surface area contributed by atoms with Gasteiger partial charge in [0.15, 0.2) is 5.78 Å². The second kappa shape index (κ2) is 5.69. The minimum atomic E-state index is -0.691. The van der Waals surface area contributed by atoms with E-state index in [1.165, 1.54) is 25.0 Å². The molecule has 0 bridgehead atoms. The van der Waals surface area contributed by atoms with E-state index >= 15 is 0 Å². The SMILES string of the molecule is CC12C=CC=CN1C(C1CCCC1)=C(c1ccc([N+](=O)[O-])cc1)C2=O. The molecule has 1 saturated carbocycles. The molecule has 0 radical (unpaired) electrons. The number of hydrogen-bond donors (Lipinski definition) is 0. The zero-order valence-electron chi connectivity index (χ0n) is 14.1. The van der Waals surface area contributed by atoms with E-state index in [1.54, 1.807) is 12.1 Å². The average Bonchev–Trinajstić information content (AvgIpc) is 3.21. The molecule has 0 aromatic heterocycles. The van der Waals surface area contributed by atoms with Crippen LogP contribution >= 0.6 is 0 Å². The molecule has 4 rings (SSSR count). The maximum Gasteiger partial charge on any atom is 0.269 e. The van der Waals surface area contributed by atoms with Gasteiger partial charge in [0.05, 0.1) is 4.92 Å². The van der Waals surface area contributed by atoms with Crippen LogP contribution in [0.1, 0.15) is 38.2 Å². The summed E-state index contributed by atoms with van der Waals surface area (Å²) in [6.45, 7) is 1.95. The minimum absolute atomic E-state index is 0.0425. The normalized spacial score (nSPS) is 25.8. The van der Waals surface area contributed by atoms with Gasteiger partial charge in [-0.3, -0.25) is 14.9 Å². The van der Waals surface area contributed by atoms with E-state index in [1.807, 2.05) is 31.4 Å². The predicted octanol–water partition coefficient (Wildman–Crippen LogP) is 4.22. The largest absolute Gasteiger partial charge is 0.334 e. The van der Waals surface area contributed by atoms with Crippen molar-refractivity contribution in [3.63, 3.8) is 0 Å². The standard InChI is InChI=1S/C20H20N2O3/c1-20-12-4-5-13-21(20)18(15-6-2-3-7-15)17(19(20)23)14-8-10-16(11-9-14)22(24)25/h4-5,8-13,15H,2-3,6-7H2,1H3. The quantitative estimate of drug-likeness (QED) is 0.612. The topological polar surface area (TPSA) is 63.4 Å². The van der Waals surface area contributed by atoms with E-state index in [9.17, 15) is 14.9 Å². The van der Waals surface area contributed by atoms with Crippen LogP contribution in [0.25, 0.3) is 5.57 Å². The Morgan fingerprint density at radius 2 is 1.84 bits per heavy atom. The van der Waals surface area contributed by atoms with Crippen LogP contribution in [0.3, 0.4) is 0 Å². The Labute approximate surface area is 146 Å². The van der Waals surface area contributed by atoms with Crippen LogP contribution < -0.4 is 0 Å². The fourth-order valence-electron chi connectivity index (χ4n) is 4.25. The molecular weight excluding hydrogens is 316 g/mol. The number of nitro groups is 1. The maximum absolute atomic E-state index is 13.3. The lowest BCUT2D eigenvalue weighted by atomic mass is 9.89. The summed E-state index contributed by atoms with van der Waals surface area (Å²) in [6, 6.07) is 6.37. The second-order valence-corrected chi connectivity index (χ2v) is 7.09. The molecule has 0 amide bonds. The lowest BCUT2D eigenvalue weighted by molar-refractivity contribution is -0.384. The number of allylic oxidation sites excluding steroid dienone is 3. The van der Waals surface area contributed by atoms with Crippen molar-refractivity contribution < 1.29 is 9.72 Å². The number of rotatable bonds is 3. The predicted molar refractivity (Wildman–Crippen MR) is 95.5 cm³/mol. The lowest BCUT2D eigenvalue weighted by Gasteiger charge is -2.36. The highest BCUT2D eigenvalue weighted by atomic mass is 16.6. The van der Waals surface area contributed by atoms with Crippen LogP contribution in [0.15, 0.2) is 54.4 Å². The highest BCUT2D eigenvalue weighted by molar-refractivity contribution is 6.29. The third kappa shape index (κ3) is 2.34. The molecule has 2 aliphatic heterocycles. The molecular formula is C20H20N2O3. The van der Waals surface area contributed by atoms with Crippen molar-refractivity contribution in [3.8, 4) is 0 Å². The Morgan fingerprint density at radius 1 is 1.16 bits per heavy atom. The zero-order valence-corrected chi connectivity index (χ0v) is 14.1. The van der Waals surface area contributed by atoms with Crippen molar-refractivity contribution >= 4 is 17.0 Å². The average molecular weight is 336 g/mol. The van der Waals surface area contributed by atoms with Gasteiger partial charge in [-0.25, -0.2) is 0 Å². The van der Waals surface area contributed by atoms with Crippen molar-refractivity contribution in [2.45, 2.75) is 38.1 Å². The van der Waals surface area contributed by atoms with Gasteiger partial charge >= 0.3 is 0 Å². The second-order valence-electron chi connectivity index (χ2n) is 7.09. The van der Waals surface area contributed by atoms with Crippen molar-refractivity contribution in [2.24, 2.45) is 5.92 Å². The summed E-state index contributed by atoms with van der Waals surface area (Å²) < 4.78 is 0. The maximum atomic E-state index is 13.3. The molecule has 3 aliphatic rings. The van der Waals surface area contributed by atoms with Crippen LogP contribution in [0.5, 0.6) is 0 Å². The molecule has 2 heterocycles. The van der Waals surface area contributed by atoms with Gasteiger partial charge in [-0.2, -0.15) is 0 Å². The van der Waals surface area contributed by atoms with Crippen molar-refractivity contribution in [1.82, 2.24) is 4.90 Å². The number of Topliss-reactive ketones (excluding diaryl/α,β-unsaturated/α-hetero) is 1. The van der Waals surface area contributed by atoms with Gasteiger partial charge in [-0.05, 0) is 49.5 Å². The third-order valence-corrected chi connectivity index (χ3v) is 5.58.